The summed E-state index contributed by atoms with van der Waals surface area (Å²) in [6.45, 7) is 6.93. The molecule has 1 nitrogen and oxygen atoms in total. The van der Waals surface area contributed by atoms with Crippen LogP contribution in [-0.4, -0.2) is 0 Å². The Balaban J connectivity index is 1.40. The van der Waals surface area contributed by atoms with Gasteiger partial charge in [0.2, 0.25) is 0 Å². The molecule has 1 aromatic heterocycles. The van der Waals surface area contributed by atoms with Gasteiger partial charge in [-0.15, -0.1) is 11.3 Å². The molecule has 0 fully saturated rings. The van der Waals surface area contributed by atoms with Crippen molar-refractivity contribution in [2.24, 2.45) is 0 Å². The summed E-state index contributed by atoms with van der Waals surface area (Å²) in [7, 11) is 0. The molecule has 202 valence electrons. The van der Waals surface area contributed by atoms with Gasteiger partial charge in [0.15, 0.2) is 0 Å². The first-order chi connectivity index (χ1) is 20.5. The smallest absolute Gasteiger partial charge is 0.0508 e. The average molecular weight is 558 g/mol. The lowest BCUT2D eigenvalue weighted by atomic mass is 9.81. The molecule has 0 radical (unpaired) electrons. The Kier molecular flexibility index (Phi) is 5.64. The van der Waals surface area contributed by atoms with Crippen LogP contribution >= 0.6 is 11.3 Å². The number of fused-ring (bicyclic) bond motifs is 6. The van der Waals surface area contributed by atoms with Crippen LogP contribution < -0.4 is 4.90 Å². The van der Waals surface area contributed by atoms with Crippen LogP contribution in [0.5, 0.6) is 0 Å². The first-order valence-electron chi connectivity index (χ1n) is 14.6. The molecule has 0 unspecified atom stereocenters. The van der Waals surface area contributed by atoms with Gasteiger partial charge in [-0.05, 0) is 88.8 Å². The summed E-state index contributed by atoms with van der Waals surface area (Å²) < 4.78 is 2.66. The predicted molar refractivity (Wildman–Crippen MR) is 182 cm³/mol. The van der Waals surface area contributed by atoms with Gasteiger partial charge in [-0.3, -0.25) is 0 Å². The molecule has 1 aliphatic carbocycles. The third-order valence-corrected chi connectivity index (χ3v) is 10.0. The molecule has 6 aromatic carbocycles. The van der Waals surface area contributed by atoms with Crippen molar-refractivity contribution in [3.63, 3.8) is 0 Å². The molecule has 0 saturated carbocycles. The highest BCUT2D eigenvalue weighted by atomic mass is 32.1. The summed E-state index contributed by atoms with van der Waals surface area (Å²) in [6.07, 6.45) is 0. The quantitative estimate of drug-likeness (QED) is 0.208. The number of rotatable bonds is 4. The van der Waals surface area contributed by atoms with E-state index in [1.54, 1.807) is 0 Å². The molecule has 0 bridgehead atoms. The third-order valence-electron chi connectivity index (χ3n) is 8.88. The summed E-state index contributed by atoms with van der Waals surface area (Å²) in [5, 5.41) is 2.65. The Morgan fingerprint density at radius 2 is 1.21 bits per heavy atom. The van der Waals surface area contributed by atoms with Crippen molar-refractivity contribution >= 4 is 48.6 Å². The monoisotopic (exact) mass is 557 g/mol. The van der Waals surface area contributed by atoms with Crippen LogP contribution in [0.4, 0.5) is 17.1 Å². The maximum atomic E-state index is 2.48. The second kappa shape index (κ2) is 9.44. The Morgan fingerprint density at radius 1 is 0.548 bits per heavy atom. The highest BCUT2D eigenvalue weighted by Crippen LogP contribution is 2.54. The van der Waals surface area contributed by atoms with Gasteiger partial charge in [0.05, 0.1) is 5.69 Å². The van der Waals surface area contributed by atoms with E-state index in [0.29, 0.717) is 0 Å². The maximum Gasteiger partial charge on any atom is 0.0508 e. The summed E-state index contributed by atoms with van der Waals surface area (Å²) in [5.41, 5.74) is 12.6. The number of anilines is 3. The van der Waals surface area contributed by atoms with Crippen LogP contribution in [0.1, 0.15) is 30.5 Å². The summed E-state index contributed by atoms with van der Waals surface area (Å²) in [4.78, 5) is 2.48. The molecule has 8 rings (SSSR count). The predicted octanol–water partition coefficient (Wildman–Crippen LogP) is 11.8. The van der Waals surface area contributed by atoms with Crippen LogP contribution in [-0.2, 0) is 5.41 Å². The van der Waals surface area contributed by atoms with E-state index in [9.17, 15) is 0 Å². The molecule has 42 heavy (non-hydrogen) atoms. The van der Waals surface area contributed by atoms with E-state index >= 15 is 0 Å². The van der Waals surface area contributed by atoms with Crippen LogP contribution in [0.15, 0.2) is 133 Å². The molecule has 1 aliphatic rings. The molecular formula is C40H31NS. The fourth-order valence-corrected chi connectivity index (χ4v) is 7.97. The molecule has 0 spiro atoms. The van der Waals surface area contributed by atoms with E-state index < -0.39 is 0 Å². The van der Waals surface area contributed by atoms with E-state index in [1.165, 1.54) is 70.5 Å². The van der Waals surface area contributed by atoms with Crippen molar-refractivity contribution in [2.75, 3.05) is 4.90 Å². The minimum atomic E-state index is -0.131. The van der Waals surface area contributed by atoms with Gasteiger partial charge in [0, 0.05) is 37.0 Å². The zero-order chi connectivity index (χ0) is 28.4. The Morgan fingerprint density at radius 3 is 2.07 bits per heavy atom. The molecule has 0 N–H and O–H groups in total. The van der Waals surface area contributed by atoms with E-state index in [4.69, 9.17) is 0 Å². The van der Waals surface area contributed by atoms with Gasteiger partial charge in [-0.1, -0.05) is 104 Å². The SMILES string of the molecule is Cc1ccc2sc3ccc(N(c4cccc(-c5ccccc5)c4)c4cccc5c4C(C)(C)c4ccccc4-5)cc3c2c1. The van der Waals surface area contributed by atoms with Crippen molar-refractivity contribution in [2.45, 2.75) is 26.2 Å². The normalized spacial score (nSPS) is 13.3. The second-order valence-corrected chi connectivity index (χ2v) is 13.0. The van der Waals surface area contributed by atoms with Gasteiger partial charge in [0.1, 0.15) is 0 Å². The minimum absolute atomic E-state index is 0.131. The molecular weight excluding hydrogens is 527 g/mol. The van der Waals surface area contributed by atoms with Crippen molar-refractivity contribution in [1.82, 2.24) is 0 Å². The van der Waals surface area contributed by atoms with Crippen LogP contribution in [0.2, 0.25) is 0 Å². The second-order valence-electron chi connectivity index (χ2n) is 11.9. The van der Waals surface area contributed by atoms with Crippen molar-refractivity contribution in [3.05, 3.63) is 150 Å². The molecule has 1 heterocycles. The zero-order valence-electron chi connectivity index (χ0n) is 24.1. The van der Waals surface area contributed by atoms with E-state index in [1.807, 2.05) is 11.3 Å². The Labute approximate surface area is 251 Å². The third kappa shape index (κ3) is 3.83. The Bertz CT molecular complexity index is 2130. The number of thiophene rings is 1. The topological polar surface area (TPSA) is 3.24 Å². The lowest BCUT2D eigenvalue weighted by Gasteiger charge is -2.32. The van der Waals surface area contributed by atoms with Crippen LogP contribution in [0, 0.1) is 6.92 Å². The first kappa shape index (κ1) is 25.1. The fraction of sp³-hybridized carbons (Fsp3) is 0.100. The van der Waals surface area contributed by atoms with Crippen molar-refractivity contribution in [3.8, 4) is 22.3 Å². The molecule has 7 aromatic rings. The summed E-state index contributed by atoms with van der Waals surface area (Å²) in [6, 6.07) is 49.2. The van der Waals surface area contributed by atoms with E-state index in [2.05, 4.69) is 159 Å². The van der Waals surface area contributed by atoms with Crippen molar-refractivity contribution in [1.29, 1.82) is 0 Å². The number of aryl methyl sites for hydroxylation is 1. The number of nitrogens with zero attached hydrogens (tertiary/aromatic N) is 1. The molecule has 0 aliphatic heterocycles. The van der Waals surface area contributed by atoms with E-state index in [-0.39, 0.29) is 5.41 Å². The first-order valence-corrected chi connectivity index (χ1v) is 15.4. The summed E-state index contributed by atoms with van der Waals surface area (Å²) in [5.74, 6) is 0. The minimum Gasteiger partial charge on any atom is -0.310 e. The highest BCUT2D eigenvalue weighted by Gasteiger charge is 2.38. The molecule has 0 atom stereocenters. The van der Waals surface area contributed by atoms with Gasteiger partial charge < -0.3 is 4.90 Å². The summed E-state index contributed by atoms with van der Waals surface area (Å²) >= 11 is 1.88. The van der Waals surface area contributed by atoms with Gasteiger partial charge in [0.25, 0.3) is 0 Å². The highest BCUT2D eigenvalue weighted by molar-refractivity contribution is 7.25. The largest absolute Gasteiger partial charge is 0.310 e. The standard InChI is InChI=1S/C40H31NS/c1-26-19-21-37-33(23-26)34-25-30(20-22-38(34)42-37)41(29-14-9-13-28(24-29)27-11-5-4-6-12-27)36-18-10-16-32-31-15-7-8-17-35(31)40(2,3)39(32)36/h4-25H,1-3H3. The van der Waals surface area contributed by atoms with Gasteiger partial charge in [-0.2, -0.15) is 0 Å². The molecule has 0 amide bonds. The molecule has 0 saturated heterocycles. The number of benzene rings is 6. The van der Waals surface area contributed by atoms with Crippen LogP contribution in [0.3, 0.4) is 0 Å². The van der Waals surface area contributed by atoms with Crippen LogP contribution in [0.25, 0.3) is 42.4 Å². The fourth-order valence-electron chi connectivity index (χ4n) is 6.91. The van der Waals surface area contributed by atoms with E-state index in [0.717, 1.165) is 5.69 Å². The van der Waals surface area contributed by atoms with Crippen molar-refractivity contribution < 1.29 is 0 Å². The van der Waals surface area contributed by atoms with Gasteiger partial charge >= 0.3 is 0 Å². The number of hydrogen-bond donors (Lipinski definition) is 0. The molecule has 2 heteroatoms. The van der Waals surface area contributed by atoms with Gasteiger partial charge in [-0.25, -0.2) is 0 Å². The lowest BCUT2D eigenvalue weighted by molar-refractivity contribution is 0.661. The average Bonchev–Trinajstić information content (AvgIpc) is 3.50. The maximum absolute atomic E-state index is 2.48. The zero-order valence-corrected chi connectivity index (χ0v) is 24.9. The number of hydrogen-bond acceptors (Lipinski definition) is 2. The Hall–Kier alpha value is -4.66. The lowest BCUT2D eigenvalue weighted by Crippen LogP contribution is -2.20.